The maximum atomic E-state index is 11.6. The minimum absolute atomic E-state index is 0.0191. The largest absolute Gasteiger partial charge is 0.364 e. The van der Waals surface area contributed by atoms with Crippen LogP contribution in [-0.4, -0.2) is 30.9 Å². The molecule has 14 heavy (non-hydrogen) atoms. The topological polar surface area (TPSA) is 53.5 Å². The molecule has 0 saturated heterocycles. The van der Waals surface area contributed by atoms with Crippen molar-refractivity contribution in [2.24, 2.45) is 4.99 Å². The molecule has 0 unspecified atom stereocenters. The summed E-state index contributed by atoms with van der Waals surface area (Å²) in [5, 5.41) is 6.01. The minimum atomic E-state index is -0.0191. The molecule has 4 heteroatoms. The average molecular weight is 195 g/mol. The van der Waals surface area contributed by atoms with Gasteiger partial charge in [0.15, 0.2) is 5.84 Å². The summed E-state index contributed by atoms with van der Waals surface area (Å²) >= 11 is 0. The van der Waals surface area contributed by atoms with E-state index in [1.54, 1.807) is 0 Å². The van der Waals surface area contributed by atoms with Gasteiger partial charge in [0.2, 0.25) is 0 Å². The van der Waals surface area contributed by atoms with Crippen molar-refractivity contribution in [2.75, 3.05) is 13.1 Å². The molecule has 0 aromatic rings. The number of nitrogens with one attached hydrogen (secondary N) is 2. The molecule has 1 aliphatic heterocycles. The van der Waals surface area contributed by atoms with Crippen LogP contribution in [0.3, 0.4) is 0 Å². The Morgan fingerprint density at radius 1 is 1.36 bits per heavy atom. The molecule has 1 aliphatic carbocycles. The fraction of sp³-hybridized carbons (Fsp3) is 0.800. The fourth-order valence-electron chi connectivity index (χ4n) is 2.05. The lowest BCUT2D eigenvalue weighted by Crippen LogP contribution is -2.43. The molecule has 0 radical (unpaired) electrons. The molecule has 2 aliphatic rings. The van der Waals surface area contributed by atoms with Crippen molar-refractivity contribution in [3.8, 4) is 0 Å². The maximum absolute atomic E-state index is 11.6. The van der Waals surface area contributed by atoms with E-state index in [-0.39, 0.29) is 5.91 Å². The van der Waals surface area contributed by atoms with Crippen LogP contribution in [0.5, 0.6) is 0 Å². The van der Waals surface area contributed by atoms with E-state index >= 15 is 0 Å². The zero-order valence-electron chi connectivity index (χ0n) is 8.38. The van der Waals surface area contributed by atoms with Crippen LogP contribution in [0.4, 0.5) is 0 Å². The second-order valence-corrected chi connectivity index (χ2v) is 3.97. The van der Waals surface area contributed by atoms with E-state index in [0.717, 1.165) is 25.9 Å². The molecule has 2 N–H and O–H groups in total. The van der Waals surface area contributed by atoms with E-state index in [1.807, 2.05) is 0 Å². The Labute approximate surface area is 84.2 Å². The van der Waals surface area contributed by atoms with Crippen LogP contribution in [0.1, 0.15) is 32.1 Å². The Bertz CT molecular complexity index is 244. The van der Waals surface area contributed by atoms with E-state index in [0.29, 0.717) is 11.9 Å². The van der Waals surface area contributed by atoms with Crippen molar-refractivity contribution in [3.05, 3.63) is 0 Å². The van der Waals surface area contributed by atoms with Gasteiger partial charge < -0.3 is 10.6 Å². The van der Waals surface area contributed by atoms with Crippen molar-refractivity contribution >= 4 is 11.7 Å². The molecule has 0 bridgehead atoms. The molecule has 1 fully saturated rings. The van der Waals surface area contributed by atoms with Crippen LogP contribution in [0.25, 0.3) is 0 Å². The number of carbonyl (C=O) groups is 1. The summed E-state index contributed by atoms with van der Waals surface area (Å²) in [5.74, 6) is 0.505. The van der Waals surface area contributed by atoms with E-state index < -0.39 is 0 Å². The number of amides is 1. The summed E-state index contributed by atoms with van der Waals surface area (Å²) in [5.41, 5.74) is 0. The number of hydrogen-bond acceptors (Lipinski definition) is 3. The number of carbonyl (C=O) groups excluding carboxylic acids is 1. The monoisotopic (exact) mass is 195 g/mol. The third-order valence-electron chi connectivity index (χ3n) is 2.83. The summed E-state index contributed by atoms with van der Waals surface area (Å²) in [6.45, 7) is 1.53. The molecular formula is C10H17N3O. The van der Waals surface area contributed by atoms with E-state index in [4.69, 9.17) is 0 Å². The Hall–Kier alpha value is -1.06. The molecule has 1 heterocycles. The molecule has 1 saturated carbocycles. The third-order valence-corrected chi connectivity index (χ3v) is 2.83. The van der Waals surface area contributed by atoms with Crippen molar-refractivity contribution in [3.63, 3.8) is 0 Å². The van der Waals surface area contributed by atoms with E-state index in [2.05, 4.69) is 15.6 Å². The van der Waals surface area contributed by atoms with Gasteiger partial charge in [-0.15, -0.1) is 0 Å². The van der Waals surface area contributed by atoms with Gasteiger partial charge in [0.1, 0.15) is 0 Å². The number of nitrogens with zero attached hydrogens (tertiary/aromatic N) is 1. The van der Waals surface area contributed by atoms with Crippen molar-refractivity contribution in [2.45, 2.75) is 38.1 Å². The number of rotatable bonds is 2. The second kappa shape index (κ2) is 4.44. The lowest BCUT2D eigenvalue weighted by atomic mass is 9.95. The Morgan fingerprint density at radius 3 is 2.79 bits per heavy atom. The molecule has 4 nitrogen and oxygen atoms in total. The highest BCUT2D eigenvalue weighted by Crippen LogP contribution is 2.17. The van der Waals surface area contributed by atoms with Gasteiger partial charge in [0.25, 0.3) is 5.91 Å². The molecule has 0 aromatic heterocycles. The summed E-state index contributed by atoms with van der Waals surface area (Å²) in [4.78, 5) is 15.7. The summed E-state index contributed by atoms with van der Waals surface area (Å²) in [7, 11) is 0. The summed E-state index contributed by atoms with van der Waals surface area (Å²) < 4.78 is 0. The van der Waals surface area contributed by atoms with Gasteiger partial charge in [-0.3, -0.25) is 9.79 Å². The zero-order valence-corrected chi connectivity index (χ0v) is 8.38. The minimum Gasteiger partial charge on any atom is -0.364 e. The highest BCUT2D eigenvalue weighted by molar-refractivity contribution is 6.38. The standard InChI is InChI=1S/C10H17N3O/c14-10(9-11-6-7-12-9)13-8-4-2-1-3-5-8/h8H,1-7H2,(H,11,12)(H,13,14). The van der Waals surface area contributed by atoms with Gasteiger partial charge in [-0.05, 0) is 12.8 Å². The van der Waals surface area contributed by atoms with Gasteiger partial charge >= 0.3 is 0 Å². The molecule has 78 valence electrons. The summed E-state index contributed by atoms with van der Waals surface area (Å²) in [6, 6.07) is 0.376. The first-order valence-electron chi connectivity index (χ1n) is 5.45. The van der Waals surface area contributed by atoms with Gasteiger partial charge in [-0.1, -0.05) is 19.3 Å². The number of amidine groups is 1. The van der Waals surface area contributed by atoms with Crippen LogP contribution in [0.15, 0.2) is 4.99 Å². The van der Waals surface area contributed by atoms with Crippen molar-refractivity contribution < 1.29 is 4.79 Å². The first-order valence-corrected chi connectivity index (χ1v) is 5.45. The van der Waals surface area contributed by atoms with Crippen molar-refractivity contribution in [1.82, 2.24) is 10.6 Å². The van der Waals surface area contributed by atoms with Crippen LogP contribution in [0, 0.1) is 0 Å². The quantitative estimate of drug-likeness (QED) is 0.671. The van der Waals surface area contributed by atoms with Gasteiger partial charge in [-0.25, -0.2) is 0 Å². The first kappa shape index (κ1) is 9.49. The molecule has 0 spiro atoms. The third kappa shape index (κ3) is 2.25. The molecular weight excluding hydrogens is 178 g/mol. The van der Waals surface area contributed by atoms with Crippen LogP contribution >= 0.6 is 0 Å². The summed E-state index contributed by atoms with van der Waals surface area (Å²) in [6.07, 6.45) is 6.04. The lowest BCUT2D eigenvalue weighted by molar-refractivity contribution is -0.115. The van der Waals surface area contributed by atoms with E-state index in [1.165, 1.54) is 19.3 Å². The lowest BCUT2D eigenvalue weighted by Gasteiger charge is -2.22. The van der Waals surface area contributed by atoms with Gasteiger partial charge in [0, 0.05) is 12.6 Å². The van der Waals surface area contributed by atoms with Crippen molar-refractivity contribution in [1.29, 1.82) is 0 Å². The molecule has 1 amide bonds. The smallest absolute Gasteiger partial charge is 0.286 e. The maximum Gasteiger partial charge on any atom is 0.286 e. The second-order valence-electron chi connectivity index (χ2n) is 3.97. The Balaban J connectivity index is 1.81. The SMILES string of the molecule is O=C(NC1CCCCC1)C1=NCCN1. The van der Waals surface area contributed by atoms with E-state index in [9.17, 15) is 4.79 Å². The highest BCUT2D eigenvalue weighted by atomic mass is 16.2. The first-order chi connectivity index (χ1) is 6.86. The normalized spacial score (nSPS) is 22.7. The Kier molecular flexibility index (Phi) is 3.01. The highest BCUT2D eigenvalue weighted by Gasteiger charge is 2.20. The zero-order chi connectivity index (χ0) is 9.80. The Morgan fingerprint density at radius 2 is 2.14 bits per heavy atom. The molecule has 2 rings (SSSR count). The van der Waals surface area contributed by atoms with Crippen LogP contribution < -0.4 is 10.6 Å². The average Bonchev–Trinajstić information content (AvgIpc) is 2.72. The number of aliphatic imine (C=N–C) groups is 1. The number of hydrogen-bond donors (Lipinski definition) is 2. The predicted octanol–water partition coefficient (Wildman–Crippen LogP) is 0.437. The molecule has 0 aromatic carbocycles. The van der Waals surface area contributed by atoms with Crippen LogP contribution in [-0.2, 0) is 4.79 Å². The van der Waals surface area contributed by atoms with Gasteiger partial charge in [0.05, 0.1) is 6.54 Å². The van der Waals surface area contributed by atoms with Gasteiger partial charge in [-0.2, -0.15) is 0 Å². The van der Waals surface area contributed by atoms with Crippen LogP contribution in [0.2, 0.25) is 0 Å². The molecule has 0 atom stereocenters. The predicted molar refractivity (Wildman–Crippen MR) is 55.3 cm³/mol. The fourth-order valence-corrected chi connectivity index (χ4v) is 2.05.